The van der Waals surface area contributed by atoms with E-state index < -0.39 is 0 Å². The fourth-order valence-electron chi connectivity index (χ4n) is 3.84. The number of hydrogen-bond acceptors (Lipinski definition) is 6. The summed E-state index contributed by atoms with van der Waals surface area (Å²) in [6, 6.07) is 0.487. The van der Waals surface area contributed by atoms with Crippen LogP contribution in [0.15, 0.2) is 4.52 Å². The van der Waals surface area contributed by atoms with Crippen LogP contribution in [0.2, 0.25) is 0 Å². The molecular weight excluding hydrogens is 346 g/mol. The fourth-order valence-corrected chi connectivity index (χ4v) is 3.84. The van der Waals surface area contributed by atoms with Gasteiger partial charge >= 0.3 is 6.03 Å². The van der Waals surface area contributed by atoms with E-state index in [0.29, 0.717) is 17.9 Å². The Morgan fingerprint density at radius 2 is 1.85 bits per heavy atom. The zero-order valence-corrected chi connectivity index (χ0v) is 17.0. The number of likely N-dealkylation sites (tertiary alicyclic amines) is 1. The molecule has 1 aromatic rings. The second-order valence-corrected chi connectivity index (χ2v) is 8.18. The first kappa shape index (κ1) is 20.1. The molecule has 152 valence electrons. The van der Waals surface area contributed by atoms with Gasteiger partial charge in [0.15, 0.2) is 5.82 Å². The summed E-state index contributed by atoms with van der Waals surface area (Å²) in [6.07, 6.45) is 3.86. The Balaban J connectivity index is 1.66. The summed E-state index contributed by atoms with van der Waals surface area (Å²) in [5.74, 6) is 2.13. The molecule has 0 saturated carbocycles. The lowest BCUT2D eigenvalue weighted by molar-refractivity contribution is 0.0447. The SMILES string of the molecule is CC(C)c1noc([C@@H](NC2CCN(C(=O)N(C)C)CC2)C2CCOCC2)n1. The van der Waals surface area contributed by atoms with Crippen LogP contribution in [0.4, 0.5) is 4.79 Å². The quantitative estimate of drug-likeness (QED) is 0.846. The maximum absolute atomic E-state index is 12.1. The molecule has 0 bridgehead atoms. The molecule has 2 amide bonds. The highest BCUT2D eigenvalue weighted by Crippen LogP contribution is 2.31. The number of piperidine rings is 1. The first-order chi connectivity index (χ1) is 13.0. The van der Waals surface area contributed by atoms with Crippen LogP contribution in [0, 0.1) is 5.92 Å². The third-order valence-electron chi connectivity index (χ3n) is 5.54. The summed E-state index contributed by atoms with van der Waals surface area (Å²) in [4.78, 5) is 20.4. The molecule has 0 radical (unpaired) electrons. The van der Waals surface area contributed by atoms with Crippen molar-refractivity contribution in [2.45, 2.75) is 57.5 Å². The average Bonchev–Trinajstić information content (AvgIpc) is 3.17. The van der Waals surface area contributed by atoms with Gasteiger partial charge in [-0.05, 0) is 31.6 Å². The minimum Gasteiger partial charge on any atom is -0.381 e. The summed E-state index contributed by atoms with van der Waals surface area (Å²) >= 11 is 0. The Bertz CT molecular complexity index is 604. The van der Waals surface area contributed by atoms with Crippen molar-refractivity contribution in [3.8, 4) is 0 Å². The highest BCUT2D eigenvalue weighted by molar-refractivity contribution is 5.73. The molecule has 8 heteroatoms. The number of carbonyl (C=O) groups excluding carboxylic acids is 1. The first-order valence-corrected chi connectivity index (χ1v) is 10.1. The Kier molecular flexibility index (Phi) is 6.70. The van der Waals surface area contributed by atoms with Gasteiger partial charge in [-0.3, -0.25) is 0 Å². The van der Waals surface area contributed by atoms with E-state index in [1.807, 2.05) is 4.90 Å². The topological polar surface area (TPSA) is 83.7 Å². The molecule has 2 fully saturated rings. The smallest absolute Gasteiger partial charge is 0.319 e. The van der Waals surface area contributed by atoms with E-state index in [0.717, 1.165) is 57.8 Å². The van der Waals surface area contributed by atoms with Crippen molar-refractivity contribution >= 4 is 6.03 Å². The highest BCUT2D eigenvalue weighted by Gasteiger charge is 2.33. The van der Waals surface area contributed by atoms with Gasteiger partial charge in [-0.25, -0.2) is 4.79 Å². The number of amides is 2. The average molecular weight is 380 g/mol. The van der Waals surface area contributed by atoms with Crippen LogP contribution in [0.5, 0.6) is 0 Å². The first-order valence-electron chi connectivity index (χ1n) is 10.1. The molecule has 8 nitrogen and oxygen atoms in total. The van der Waals surface area contributed by atoms with Crippen LogP contribution in [0.1, 0.15) is 63.2 Å². The van der Waals surface area contributed by atoms with Gasteiger partial charge < -0.3 is 24.4 Å². The van der Waals surface area contributed by atoms with Crippen LogP contribution < -0.4 is 5.32 Å². The van der Waals surface area contributed by atoms with Gasteiger partial charge in [0.25, 0.3) is 0 Å². The lowest BCUT2D eigenvalue weighted by Gasteiger charge is -2.37. The minimum absolute atomic E-state index is 0.0509. The summed E-state index contributed by atoms with van der Waals surface area (Å²) < 4.78 is 11.2. The summed E-state index contributed by atoms with van der Waals surface area (Å²) in [7, 11) is 3.60. The van der Waals surface area contributed by atoms with E-state index in [4.69, 9.17) is 9.26 Å². The van der Waals surface area contributed by atoms with Crippen molar-refractivity contribution in [1.82, 2.24) is 25.3 Å². The molecule has 0 spiro atoms. The molecule has 3 rings (SSSR count). The number of hydrogen-bond donors (Lipinski definition) is 1. The number of urea groups is 1. The van der Waals surface area contributed by atoms with Crippen LogP contribution in [-0.4, -0.2) is 72.4 Å². The molecule has 3 heterocycles. The third-order valence-corrected chi connectivity index (χ3v) is 5.54. The van der Waals surface area contributed by atoms with E-state index in [1.165, 1.54) is 0 Å². The van der Waals surface area contributed by atoms with Gasteiger partial charge in [0.2, 0.25) is 5.89 Å². The van der Waals surface area contributed by atoms with E-state index >= 15 is 0 Å². The van der Waals surface area contributed by atoms with E-state index in [-0.39, 0.29) is 18.0 Å². The molecule has 0 unspecified atom stereocenters. The van der Waals surface area contributed by atoms with Crippen molar-refractivity contribution in [2.75, 3.05) is 40.4 Å². The second-order valence-electron chi connectivity index (χ2n) is 8.18. The molecule has 0 aliphatic carbocycles. The van der Waals surface area contributed by atoms with Crippen LogP contribution in [0.3, 0.4) is 0 Å². The maximum atomic E-state index is 12.1. The van der Waals surface area contributed by atoms with Crippen molar-refractivity contribution in [3.63, 3.8) is 0 Å². The predicted octanol–water partition coefficient (Wildman–Crippen LogP) is 2.40. The van der Waals surface area contributed by atoms with Gasteiger partial charge in [0.1, 0.15) is 0 Å². The molecule has 2 aliphatic heterocycles. The van der Waals surface area contributed by atoms with Crippen LogP contribution >= 0.6 is 0 Å². The molecule has 2 aliphatic rings. The molecule has 1 N–H and O–H groups in total. The lowest BCUT2D eigenvalue weighted by atomic mass is 9.90. The number of carbonyl (C=O) groups is 1. The lowest BCUT2D eigenvalue weighted by Crippen LogP contribution is -2.49. The minimum atomic E-state index is 0.0509. The Hall–Kier alpha value is -1.67. The fraction of sp³-hybridized carbons (Fsp3) is 0.842. The number of nitrogens with one attached hydrogen (secondary N) is 1. The van der Waals surface area contributed by atoms with Crippen molar-refractivity contribution < 1.29 is 14.1 Å². The predicted molar refractivity (Wildman–Crippen MR) is 101 cm³/mol. The zero-order chi connectivity index (χ0) is 19.4. The van der Waals surface area contributed by atoms with Gasteiger partial charge in [-0.15, -0.1) is 0 Å². The molecule has 2 saturated heterocycles. The molecular formula is C19H33N5O3. The van der Waals surface area contributed by atoms with Gasteiger partial charge in [-0.2, -0.15) is 4.98 Å². The Morgan fingerprint density at radius 1 is 1.19 bits per heavy atom. The molecule has 1 aromatic heterocycles. The summed E-state index contributed by atoms with van der Waals surface area (Å²) in [6.45, 7) is 7.26. The highest BCUT2D eigenvalue weighted by atomic mass is 16.5. The van der Waals surface area contributed by atoms with Crippen LogP contribution in [-0.2, 0) is 4.74 Å². The number of nitrogens with zero attached hydrogens (tertiary/aromatic N) is 4. The van der Waals surface area contributed by atoms with Gasteiger partial charge in [0.05, 0.1) is 6.04 Å². The van der Waals surface area contributed by atoms with Crippen molar-refractivity contribution in [1.29, 1.82) is 0 Å². The Morgan fingerprint density at radius 3 is 2.41 bits per heavy atom. The van der Waals surface area contributed by atoms with Crippen LogP contribution in [0.25, 0.3) is 0 Å². The van der Waals surface area contributed by atoms with Gasteiger partial charge in [0, 0.05) is 52.4 Å². The van der Waals surface area contributed by atoms with Crippen molar-refractivity contribution in [3.05, 3.63) is 11.7 Å². The molecule has 27 heavy (non-hydrogen) atoms. The third kappa shape index (κ3) is 4.99. The molecule has 0 aromatic carbocycles. The normalized spacial score (nSPS) is 20.9. The number of aromatic nitrogens is 2. The largest absolute Gasteiger partial charge is 0.381 e. The monoisotopic (exact) mass is 379 g/mol. The van der Waals surface area contributed by atoms with E-state index in [9.17, 15) is 4.79 Å². The maximum Gasteiger partial charge on any atom is 0.319 e. The standard InChI is InChI=1S/C19H33N5O3/c1-13(2)17-21-18(27-22-17)16(14-7-11-26-12-8-14)20-15-5-9-24(10-6-15)19(25)23(3)4/h13-16,20H,5-12H2,1-4H3/t16-/m0/s1. The summed E-state index contributed by atoms with van der Waals surface area (Å²) in [5.41, 5.74) is 0. The Labute approximate surface area is 161 Å². The number of rotatable bonds is 5. The summed E-state index contributed by atoms with van der Waals surface area (Å²) in [5, 5.41) is 7.94. The zero-order valence-electron chi connectivity index (χ0n) is 17.0. The molecule has 1 atom stereocenters. The second kappa shape index (κ2) is 9.01. The van der Waals surface area contributed by atoms with Gasteiger partial charge in [-0.1, -0.05) is 19.0 Å². The van der Waals surface area contributed by atoms with E-state index in [2.05, 4.69) is 29.3 Å². The van der Waals surface area contributed by atoms with Crippen molar-refractivity contribution in [2.24, 2.45) is 5.92 Å². The number of ether oxygens (including phenoxy) is 1. The van der Waals surface area contributed by atoms with E-state index in [1.54, 1.807) is 19.0 Å².